The Hall–Kier alpha value is -2.06. The first-order valence-corrected chi connectivity index (χ1v) is 6.30. The van der Waals surface area contributed by atoms with Gasteiger partial charge in [0.1, 0.15) is 0 Å². The van der Waals surface area contributed by atoms with Crippen LogP contribution in [0.25, 0.3) is 16.7 Å². The van der Waals surface area contributed by atoms with E-state index in [0.29, 0.717) is 5.02 Å². The fourth-order valence-electron chi connectivity index (χ4n) is 2.51. The van der Waals surface area contributed by atoms with E-state index in [1.54, 1.807) is 0 Å². The second-order valence-electron chi connectivity index (χ2n) is 4.64. The highest BCUT2D eigenvalue weighted by Crippen LogP contribution is 2.45. The highest BCUT2D eigenvalue weighted by molar-refractivity contribution is 6.31. The standard InChI is InChI=1S/C16H11ClO2/c1-9-2-4-11-12-5-3-10(17)7-14(12)15(8-16(18)19)13(11)6-9/h2-8H,1H3,(H,18,19)/b15-8-. The Morgan fingerprint density at radius 2 is 1.68 bits per heavy atom. The van der Waals surface area contributed by atoms with Gasteiger partial charge in [-0.05, 0) is 46.9 Å². The first-order valence-electron chi connectivity index (χ1n) is 5.92. The summed E-state index contributed by atoms with van der Waals surface area (Å²) in [5, 5.41) is 9.66. The van der Waals surface area contributed by atoms with Crippen molar-refractivity contribution >= 4 is 23.1 Å². The smallest absolute Gasteiger partial charge is 0.328 e. The molecular weight excluding hydrogens is 260 g/mol. The fraction of sp³-hybridized carbons (Fsp3) is 0.0625. The molecule has 0 amide bonds. The van der Waals surface area contributed by atoms with Gasteiger partial charge >= 0.3 is 5.97 Å². The van der Waals surface area contributed by atoms with Crippen molar-refractivity contribution in [2.75, 3.05) is 0 Å². The summed E-state index contributed by atoms with van der Waals surface area (Å²) in [4.78, 5) is 11.0. The Bertz CT molecular complexity index is 676. The fourth-order valence-corrected chi connectivity index (χ4v) is 2.69. The minimum Gasteiger partial charge on any atom is -0.478 e. The van der Waals surface area contributed by atoms with Gasteiger partial charge < -0.3 is 5.11 Å². The molecule has 0 saturated heterocycles. The third-order valence-corrected chi connectivity index (χ3v) is 3.53. The van der Waals surface area contributed by atoms with Crippen LogP contribution in [-0.4, -0.2) is 11.1 Å². The first-order chi connectivity index (χ1) is 9.06. The van der Waals surface area contributed by atoms with Gasteiger partial charge in [0.05, 0.1) is 0 Å². The summed E-state index contributed by atoms with van der Waals surface area (Å²) in [5.74, 6) is -0.949. The van der Waals surface area contributed by atoms with Crippen LogP contribution in [0.4, 0.5) is 0 Å². The molecule has 0 aliphatic heterocycles. The normalized spacial score (nSPS) is 14.3. The van der Waals surface area contributed by atoms with Crippen molar-refractivity contribution in [3.63, 3.8) is 0 Å². The average Bonchev–Trinajstić information content (AvgIpc) is 2.62. The minimum absolute atomic E-state index is 0.611. The molecule has 0 saturated carbocycles. The number of hydrogen-bond acceptors (Lipinski definition) is 1. The van der Waals surface area contributed by atoms with Crippen molar-refractivity contribution < 1.29 is 9.90 Å². The molecule has 2 nitrogen and oxygen atoms in total. The maximum absolute atomic E-state index is 11.0. The van der Waals surface area contributed by atoms with Gasteiger partial charge in [0.25, 0.3) is 0 Å². The number of benzene rings is 2. The molecule has 0 unspecified atom stereocenters. The minimum atomic E-state index is -0.949. The number of halogens is 1. The summed E-state index contributed by atoms with van der Waals surface area (Å²) >= 11 is 6.02. The lowest BCUT2D eigenvalue weighted by molar-refractivity contribution is -0.131. The highest BCUT2D eigenvalue weighted by atomic mass is 35.5. The van der Waals surface area contributed by atoms with Crippen LogP contribution in [0.5, 0.6) is 0 Å². The Kier molecular flexibility index (Phi) is 2.68. The van der Waals surface area contributed by atoms with Gasteiger partial charge in [-0.25, -0.2) is 4.79 Å². The topological polar surface area (TPSA) is 37.3 Å². The molecule has 0 atom stereocenters. The van der Waals surface area contributed by atoms with E-state index in [1.807, 2.05) is 43.3 Å². The maximum atomic E-state index is 11.0. The van der Waals surface area contributed by atoms with E-state index in [1.165, 1.54) is 6.08 Å². The zero-order valence-corrected chi connectivity index (χ0v) is 11.0. The molecule has 2 aromatic rings. The molecule has 2 aromatic carbocycles. The summed E-state index contributed by atoms with van der Waals surface area (Å²) in [6.45, 7) is 1.99. The van der Waals surface area contributed by atoms with E-state index in [-0.39, 0.29) is 0 Å². The molecule has 0 fully saturated rings. The predicted octanol–water partition coefficient (Wildman–Crippen LogP) is 4.15. The third-order valence-electron chi connectivity index (χ3n) is 3.30. The summed E-state index contributed by atoms with van der Waals surface area (Å²) < 4.78 is 0. The summed E-state index contributed by atoms with van der Waals surface area (Å²) in [5.41, 5.74) is 5.77. The van der Waals surface area contributed by atoms with Crippen molar-refractivity contribution in [1.82, 2.24) is 0 Å². The van der Waals surface area contributed by atoms with Gasteiger partial charge in [-0.1, -0.05) is 41.4 Å². The Labute approximate surface area is 116 Å². The number of carboxylic acids is 1. The number of aryl methyl sites for hydroxylation is 1. The molecule has 1 N–H and O–H groups in total. The third kappa shape index (κ3) is 1.94. The van der Waals surface area contributed by atoms with Crippen molar-refractivity contribution in [2.24, 2.45) is 0 Å². The van der Waals surface area contributed by atoms with Gasteiger partial charge in [0.2, 0.25) is 0 Å². The molecule has 1 aliphatic carbocycles. The largest absolute Gasteiger partial charge is 0.478 e. The number of hydrogen-bond donors (Lipinski definition) is 1. The molecular formula is C16H11ClO2. The summed E-state index contributed by atoms with van der Waals surface area (Å²) in [7, 11) is 0. The quantitative estimate of drug-likeness (QED) is 0.675. The number of carbonyl (C=O) groups is 1. The van der Waals surface area contributed by atoms with Gasteiger partial charge in [-0.3, -0.25) is 0 Å². The molecule has 0 spiro atoms. The second-order valence-corrected chi connectivity index (χ2v) is 5.07. The number of fused-ring (bicyclic) bond motifs is 3. The molecule has 1 aliphatic rings. The van der Waals surface area contributed by atoms with Crippen molar-refractivity contribution in [3.8, 4) is 11.1 Å². The van der Waals surface area contributed by atoms with Crippen molar-refractivity contribution in [2.45, 2.75) is 6.92 Å². The molecule has 0 aromatic heterocycles. The van der Waals surface area contributed by atoms with Crippen LogP contribution < -0.4 is 0 Å². The molecule has 3 rings (SSSR count). The van der Waals surface area contributed by atoms with E-state index in [0.717, 1.165) is 33.4 Å². The van der Waals surface area contributed by atoms with E-state index in [4.69, 9.17) is 16.7 Å². The second kappa shape index (κ2) is 4.25. The van der Waals surface area contributed by atoms with Crippen LogP contribution in [-0.2, 0) is 4.79 Å². The molecule has 19 heavy (non-hydrogen) atoms. The lowest BCUT2D eigenvalue weighted by atomic mass is 10.0. The monoisotopic (exact) mass is 270 g/mol. The molecule has 94 valence electrons. The van der Waals surface area contributed by atoms with E-state index >= 15 is 0 Å². The summed E-state index contributed by atoms with van der Waals surface area (Å²) in [6.07, 6.45) is 1.25. The van der Waals surface area contributed by atoms with Crippen LogP contribution in [0, 0.1) is 6.92 Å². The Balaban J connectivity index is 2.35. The molecule has 0 heterocycles. The van der Waals surface area contributed by atoms with Crippen LogP contribution >= 0.6 is 11.6 Å². The average molecular weight is 271 g/mol. The van der Waals surface area contributed by atoms with Crippen LogP contribution in [0.3, 0.4) is 0 Å². The Morgan fingerprint density at radius 3 is 2.37 bits per heavy atom. The number of rotatable bonds is 1. The SMILES string of the molecule is Cc1ccc2c(c1)/C(=C/C(=O)O)c1cc(Cl)ccc1-2. The summed E-state index contributed by atoms with van der Waals surface area (Å²) in [6, 6.07) is 11.7. The highest BCUT2D eigenvalue weighted by Gasteiger charge is 2.24. The number of carboxylic acid groups (broad SMARTS) is 1. The van der Waals surface area contributed by atoms with Crippen molar-refractivity contribution in [1.29, 1.82) is 0 Å². The molecule has 0 bridgehead atoms. The zero-order chi connectivity index (χ0) is 13.6. The van der Waals surface area contributed by atoms with Gasteiger partial charge in [-0.15, -0.1) is 0 Å². The van der Waals surface area contributed by atoms with Gasteiger partial charge in [-0.2, -0.15) is 0 Å². The predicted molar refractivity (Wildman–Crippen MR) is 76.3 cm³/mol. The van der Waals surface area contributed by atoms with Gasteiger partial charge in [0.15, 0.2) is 0 Å². The lowest BCUT2D eigenvalue weighted by Gasteiger charge is -2.02. The van der Waals surface area contributed by atoms with Crippen LogP contribution in [0.1, 0.15) is 16.7 Å². The zero-order valence-electron chi connectivity index (χ0n) is 10.3. The van der Waals surface area contributed by atoms with Crippen molar-refractivity contribution in [3.05, 3.63) is 64.2 Å². The lowest BCUT2D eigenvalue weighted by Crippen LogP contribution is -1.91. The van der Waals surface area contributed by atoms with E-state index in [9.17, 15) is 4.79 Å². The Morgan fingerprint density at radius 1 is 1.05 bits per heavy atom. The van der Waals surface area contributed by atoms with E-state index < -0.39 is 5.97 Å². The van der Waals surface area contributed by atoms with Crippen LogP contribution in [0.15, 0.2) is 42.5 Å². The number of aliphatic carboxylic acids is 1. The molecule has 0 radical (unpaired) electrons. The van der Waals surface area contributed by atoms with Gasteiger partial charge in [0, 0.05) is 11.1 Å². The first kappa shape index (κ1) is 12.0. The maximum Gasteiger partial charge on any atom is 0.328 e. The van der Waals surface area contributed by atoms with E-state index in [2.05, 4.69) is 0 Å². The van der Waals surface area contributed by atoms with Crippen LogP contribution in [0.2, 0.25) is 5.02 Å². The molecule has 3 heteroatoms.